The highest BCUT2D eigenvalue weighted by Crippen LogP contribution is 2.27. The fourth-order valence-electron chi connectivity index (χ4n) is 1.24. The molecule has 0 aromatic heterocycles. The molecule has 0 radical (unpaired) electrons. The number of hydrogen-bond acceptors (Lipinski definition) is 3. The van der Waals surface area contributed by atoms with Crippen molar-refractivity contribution in [1.82, 2.24) is 4.72 Å². The van der Waals surface area contributed by atoms with Gasteiger partial charge in [0.25, 0.3) is 0 Å². The highest BCUT2D eigenvalue weighted by Gasteiger charge is 2.15. The van der Waals surface area contributed by atoms with Crippen molar-refractivity contribution in [1.29, 1.82) is 0 Å². The van der Waals surface area contributed by atoms with Gasteiger partial charge in [0.1, 0.15) is 5.75 Å². The fraction of sp³-hybridized carbons (Fsp3) is 0.455. The zero-order valence-electron chi connectivity index (χ0n) is 9.86. The minimum Gasteiger partial charge on any atom is -0.492 e. The van der Waals surface area contributed by atoms with Gasteiger partial charge in [-0.3, -0.25) is 0 Å². The van der Waals surface area contributed by atoms with E-state index in [0.29, 0.717) is 23.9 Å². The molecule has 17 heavy (non-hydrogen) atoms. The standard InChI is InChI=1S/C11H16ClNO3S/c1-3-7-13-17(14,15)9-5-6-10(12)11(8-9)16-4-2/h5-6,8,13H,3-4,7H2,1-2H3. The molecule has 0 saturated heterocycles. The van der Waals surface area contributed by atoms with E-state index in [-0.39, 0.29) is 4.90 Å². The van der Waals surface area contributed by atoms with Crippen molar-refractivity contribution in [3.05, 3.63) is 23.2 Å². The molecule has 0 aliphatic carbocycles. The Kier molecular flexibility index (Phi) is 5.24. The van der Waals surface area contributed by atoms with Crippen molar-refractivity contribution in [2.75, 3.05) is 13.2 Å². The van der Waals surface area contributed by atoms with E-state index in [1.165, 1.54) is 18.2 Å². The van der Waals surface area contributed by atoms with Gasteiger partial charge < -0.3 is 4.74 Å². The number of ether oxygens (including phenoxy) is 1. The lowest BCUT2D eigenvalue weighted by Gasteiger charge is -2.09. The third-order valence-corrected chi connectivity index (χ3v) is 3.83. The first kappa shape index (κ1) is 14.3. The predicted octanol–water partition coefficient (Wildman–Crippen LogP) is 2.43. The molecule has 0 unspecified atom stereocenters. The minimum absolute atomic E-state index is 0.166. The van der Waals surface area contributed by atoms with Crippen LogP contribution in [0.3, 0.4) is 0 Å². The highest BCUT2D eigenvalue weighted by molar-refractivity contribution is 7.89. The molecule has 4 nitrogen and oxygen atoms in total. The SMILES string of the molecule is CCCNS(=O)(=O)c1ccc(Cl)c(OCC)c1. The monoisotopic (exact) mass is 277 g/mol. The molecule has 0 spiro atoms. The normalized spacial score (nSPS) is 11.5. The van der Waals surface area contributed by atoms with Gasteiger partial charge in [-0.05, 0) is 25.5 Å². The van der Waals surface area contributed by atoms with Crippen molar-refractivity contribution in [2.24, 2.45) is 0 Å². The Morgan fingerprint density at radius 3 is 2.65 bits per heavy atom. The highest BCUT2D eigenvalue weighted by atomic mass is 35.5. The maximum atomic E-state index is 11.8. The predicted molar refractivity (Wildman–Crippen MR) is 68.1 cm³/mol. The largest absolute Gasteiger partial charge is 0.492 e. The second-order valence-electron chi connectivity index (χ2n) is 3.42. The van der Waals surface area contributed by atoms with E-state index in [4.69, 9.17) is 16.3 Å². The molecule has 96 valence electrons. The van der Waals surface area contributed by atoms with E-state index in [2.05, 4.69) is 4.72 Å². The van der Waals surface area contributed by atoms with E-state index in [1.807, 2.05) is 13.8 Å². The van der Waals surface area contributed by atoms with Gasteiger partial charge in [-0.1, -0.05) is 18.5 Å². The van der Waals surface area contributed by atoms with Crippen LogP contribution in [0.15, 0.2) is 23.1 Å². The van der Waals surface area contributed by atoms with Crippen LogP contribution in [0.4, 0.5) is 0 Å². The van der Waals surface area contributed by atoms with Crippen LogP contribution in [0.5, 0.6) is 5.75 Å². The second-order valence-corrected chi connectivity index (χ2v) is 5.60. The first-order chi connectivity index (χ1) is 8.01. The zero-order chi connectivity index (χ0) is 12.9. The second kappa shape index (κ2) is 6.23. The Labute approximate surface area is 107 Å². The van der Waals surface area contributed by atoms with Crippen LogP contribution in [0.1, 0.15) is 20.3 Å². The first-order valence-corrected chi connectivity index (χ1v) is 7.29. The molecular weight excluding hydrogens is 262 g/mol. The average Bonchev–Trinajstić information content (AvgIpc) is 2.29. The summed E-state index contributed by atoms with van der Waals surface area (Å²) in [6, 6.07) is 4.42. The molecule has 0 aliphatic heterocycles. The van der Waals surface area contributed by atoms with Crippen LogP contribution in [0.2, 0.25) is 5.02 Å². The summed E-state index contributed by atoms with van der Waals surface area (Å²) < 4.78 is 31.4. The Bertz CT molecular complexity index is 474. The maximum absolute atomic E-state index is 11.8. The summed E-state index contributed by atoms with van der Waals surface area (Å²) in [5, 5.41) is 0.404. The van der Waals surface area contributed by atoms with Gasteiger partial charge in [0.05, 0.1) is 16.5 Å². The fourth-order valence-corrected chi connectivity index (χ4v) is 2.56. The molecule has 6 heteroatoms. The molecule has 0 bridgehead atoms. The lowest BCUT2D eigenvalue weighted by Crippen LogP contribution is -2.24. The van der Waals surface area contributed by atoms with Gasteiger partial charge in [0, 0.05) is 12.6 Å². The van der Waals surface area contributed by atoms with Crippen LogP contribution in [0.25, 0.3) is 0 Å². The lowest BCUT2D eigenvalue weighted by atomic mass is 10.3. The summed E-state index contributed by atoms with van der Waals surface area (Å²) in [6.45, 7) is 4.56. The number of nitrogens with one attached hydrogen (secondary N) is 1. The Balaban J connectivity index is 3.02. The average molecular weight is 278 g/mol. The summed E-state index contributed by atoms with van der Waals surface area (Å²) in [5.41, 5.74) is 0. The molecule has 1 rings (SSSR count). The van der Waals surface area contributed by atoms with Crippen molar-refractivity contribution in [3.63, 3.8) is 0 Å². The van der Waals surface area contributed by atoms with Crippen molar-refractivity contribution >= 4 is 21.6 Å². The van der Waals surface area contributed by atoms with E-state index in [1.54, 1.807) is 0 Å². The van der Waals surface area contributed by atoms with Gasteiger partial charge in [-0.25, -0.2) is 13.1 Å². The zero-order valence-corrected chi connectivity index (χ0v) is 11.4. The molecule has 0 aliphatic rings. The van der Waals surface area contributed by atoms with Gasteiger partial charge in [0.2, 0.25) is 10.0 Å². The van der Waals surface area contributed by atoms with Gasteiger partial charge in [-0.2, -0.15) is 0 Å². The first-order valence-electron chi connectivity index (χ1n) is 5.43. The summed E-state index contributed by atoms with van der Waals surface area (Å²) in [4.78, 5) is 0.166. The topological polar surface area (TPSA) is 55.4 Å². The van der Waals surface area contributed by atoms with Crippen LogP contribution < -0.4 is 9.46 Å². The Morgan fingerprint density at radius 2 is 2.06 bits per heavy atom. The number of sulfonamides is 1. The van der Waals surface area contributed by atoms with Crippen LogP contribution in [-0.4, -0.2) is 21.6 Å². The van der Waals surface area contributed by atoms with Gasteiger partial charge in [-0.15, -0.1) is 0 Å². The summed E-state index contributed by atoms with van der Waals surface area (Å²) in [6.07, 6.45) is 0.741. The van der Waals surface area contributed by atoms with E-state index in [9.17, 15) is 8.42 Å². The van der Waals surface area contributed by atoms with E-state index in [0.717, 1.165) is 6.42 Å². The van der Waals surface area contributed by atoms with Crippen LogP contribution in [-0.2, 0) is 10.0 Å². The summed E-state index contributed by atoms with van der Waals surface area (Å²) in [5.74, 6) is 0.383. The van der Waals surface area contributed by atoms with Crippen LogP contribution >= 0.6 is 11.6 Å². The molecule has 0 atom stereocenters. The molecule has 1 N–H and O–H groups in total. The van der Waals surface area contributed by atoms with Crippen molar-refractivity contribution in [3.8, 4) is 5.75 Å². The number of rotatable bonds is 6. The van der Waals surface area contributed by atoms with Gasteiger partial charge in [0.15, 0.2) is 0 Å². The Morgan fingerprint density at radius 1 is 1.35 bits per heavy atom. The molecule has 0 fully saturated rings. The number of halogens is 1. The third kappa shape index (κ3) is 3.87. The van der Waals surface area contributed by atoms with Crippen molar-refractivity contribution in [2.45, 2.75) is 25.2 Å². The summed E-state index contributed by atoms with van der Waals surface area (Å²) in [7, 11) is -3.47. The molecule has 1 aromatic rings. The molecule has 0 saturated carbocycles. The molecular formula is C11H16ClNO3S. The molecule has 0 heterocycles. The smallest absolute Gasteiger partial charge is 0.240 e. The van der Waals surface area contributed by atoms with Crippen LogP contribution in [0, 0.1) is 0 Å². The third-order valence-electron chi connectivity index (χ3n) is 2.05. The van der Waals surface area contributed by atoms with Crippen molar-refractivity contribution < 1.29 is 13.2 Å². The molecule has 0 amide bonds. The van der Waals surface area contributed by atoms with E-state index < -0.39 is 10.0 Å². The summed E-state index contributed by atoms with van der Waals surface area (Å²) >= 11 is 5.89. The number of hydrogen-bond donors (Lipinski definition) is 1. The Hall–Kier alpha value is -0.780. The quantitative estimate of drug-likeness (QED) is 0.869. The van der Waals surface area contributed by atoms with E-state index >= 15 is 0 Å². The number of benzene rings is 1. The molecule has 1 aromatic carbocycles. The van der Waals surface area contributed by atoms with Gasteiger partial charge >= 0.3 is 0 Å². The minimum atomic E-state index is -3.47. The maximum Gasteiger partial charge on any atom is 0.240 e. The lowest BCUT2D eigenvalue weighted by molar-refractivity contribution is 0.339.